The molecule has 0 fully saturated rings. The smallest absolute Gasteiger partial charge is 0.349 e. The van der Waals surface area contributed by atoms with E-state index in [1.54, 1.807) is 30.3 Å². The highest BCUT2D eigenvalue weighted by Gasteiger charge is 2.16. The van der Waals surface area contributed by atoms with Crippen LogP contribution in [0.1, 0.15) is 15.9 Å². The van der Waals surface area contributed by atoms with Gasteiger partial charge in [0.1, 0.15) is 17.5 Å². The molecule has 4 aromatic rings. The summed E-state index contributed by atoms with van der Waals surface area (Å²) in [5.74, 6) is -0.540. The van der Waals surface area contributed by atoms with E-state index in [2.05, 4.69) is 20.8 Å². The number of carbonyl (C=O) groups is 1. The molecule has 1 amide bonds. The van der Waals surface area contributed by atoms with Gasteiger partial charge in [-0.05, 0) is 47.2 Å². The van der Waals surface area contributed by atoms with Crippen molar-refractivity contribution in [2.45, 2.75) is 6.92 Å². The molecule has 0 unspecified atom stereocenters. The van der Waals surface area contributed by atoms with Gasteiger partial charge in [0.25, 0.3) is 5.91 Å². The van der Waals surface area contributed by atoms with Crippen LogP contribution in [0.2, 0.25) is 0 Å². The summed E-state index contributed by atoms with van der Waals surface area (Å²) in [6.07, 6.45) is 1.46. The highest BCUT2D eigenvalue weighted by molar-refractivity contribution is 6.05. The van der Waals surface area contributed by atoms with E-state index in [-0.39, 0.29) is 5.56 Å². The second kappa shape index (κ2) is 6.25. The lowest BCUT2D eigenvalue weighted by atomic mass is 10.1. The summed E-state index contributed by atoms with van der Waals surface area (Å²) < 4.78 is 6.71. The van der Waals surface area contributed by atoms with Gasteiger partial charge in [-0.1, -0.05) is 24.3 Å². The number of tetrazole rings is 1. The number of para-hydroxylation sites is 1. The lowest BCUT2D eigenvalue weighted by molar-refractivity contribution is 0.102. The molecule has 0 spiro atoms. The quantitative estimate of drug-likeness (QED) is 0.571. The number of aromatic nitrogens is 4. The second-order valence-corrected chi connectivity index (χ2v) is 5.64. The van der Waals surface area contributed by atoms with Gasteiger partial charge in [0, 0.05) is 11.1 Å². The van der Waals surface area contributed by atoms with Crippen molar-refractivity contribution < 1.29 is 9.21 Å². The average molecular weight is 347 g/mol. The van der Waals surface area contributed by atoms with Crippen molar-refractivity contribution in [1.29, 1.82) is 0 Å². The van der Waals surface area contributed by atoms with E-state index >= 15 is 0 Å². The van der Waals surface area contributed by atoms with E-state index in [9.17, 15) is 9.59 Å². The zero-order chi connectivity index (χ0) is 18.1. The first-order valence-corrected chi connectivity index (χ1v) is 7.81. The Labute approximate surface area is 147 Å². The number of nitrogens with one attached hydrogen (secondary N) is 1. The molecular formula is C18H13N5O3. The number of hydrogen-bond acceptors (Lipinski definition) is 6. The van der Waals surface area contributed by atoms with Crippen LogP contribution >= 0.6 is 0 Å². The first kappa shape index (κ1) is 15.7. The molecule has 0 radical (unpaired) electrons. The molecule has 0 aliphatic heterocycles. The van der Waals surface area contributed by atoms with Gasteiger partial charge in [0.2, 0.25) is 0 Å². The summed E-state index contributed by atoms with van der Waals surface area (Å²) in [7, 11) is 0. The number of benzene rings is 2. The van der Waals surface area contributed by atoms with E-state index < -0.39 is 11.5 Å². The molecule has 2 aromatic carbocycles. The lowest BCUT2D eigenvalue weighted by Gasteiger charge is -2.11. The highest BCUT2D eigenvalue weighted by atomic mass is 16.4. The van der Waals surface area contributed by atoms with Crippen LogP contribution in [0, 0.1) is 6.92 Å². The molecule has 128 valence electrons. The normalized spacial score (nSPS) is 10.8. The Morgan fingerprint density at radius 1 is 1.15 bits per heavy atom. The van der Waals surface area contributed by atoms with Crippen LogP contribution in [0.25, 0.3) is 16.7 Å². The predicted octanol–water partition coefficient (Wildman–Crippen LogP) is 2.33. The number of anilines is 1. The third-order valence-corrected chi connectivity index (χ3v) is 4.04. The minimum Gasteiger partial charge on any atom is -0.422 e. The molecule has 4 rings (SSSR count). The Bertz CT molecular complexity index is 1170. The monoisotopic (exact) mass is 347 g/mol. The molecule has 8 nitrogen and oxygen atoms in total. The number of carbonyl (C=O) groups excluding carboxylic acids is 1. The van der Waals surface area contributed by atoms with E-state index in [4.69, 9.17) is 4.42 Å². The fourth-order valence-corrected chi connectivity index (χ4v) is 2.69. The summed E-state index contributed by atoms with van der Waals surface area (Å²) in [6.45, 7) is 1.83. The van der Waals surface area contributed by atoms with Gasteiger partial charge in [-0.15, -0.1) is 5.10 Å². The number of rotatable bonds is 3. The van der Waals surface area contributed by atoms with Crippen molar-refractivity contribution in [2.75, 3.05) is 5.32 Å². The third-order valence-electron chi connectivity index (χ3n) is 4.04. The Morgan fingerprint density at radius 2 is 2.00 bits per heavy atom. The number of fused-ring (bicyclic) bond motifs is 1. The molecule has 26 heavy (non-hydrogen) atoms. The Hall–Kier alpha value is -3.81. The Balaban J connectivity index is 1.70. The molecule has 1 N–H and O–H groups in total. The first-order chi connectivity index (χ1) is 12.6. The minimum absolute atomic E-state index is 0.0593. The molecule has 2 aromatic heterocycles. The van der Waals surface area contributed by atoms with Crippen LogP contribution in [-0.4, -0.2) is 26.1 Å². The van der Waals surface area contributed by atoms with E-state index in [0.717, 1.165) is 11.3 Å². The predicted molar refractivity (Wildman–Crippen MR) is 94.3 cm³/mol. The van der Waals surface area contributed by atoms with Gasteiger partial charge in [0.15, 0.2) is 0 Å². The SMILES string of the molecule is Cc1c(NC(=O)c2cc3ccccc3oc2=O)cccc1-n1cnnn1. The number of nitrogens with zero attached hydrogens (tertiary/aromatic N) is 4. The molecule has 8 heteroatoms. The standard InChI is InChI=1S/C18H13N5O3/c1-11-14(6-4-7-15(11)23-10-19-21-22-23)20-17(24)13-9-12-5-2-3-8-16(12)26-18(13)25/h2-10H,1H3,(H,20,24). The Morgan fingerprint density at radius 3 is 2.81 bits per heavy atom. The average Bonchev–Trinajstić information content (AvgIpc) is 3.17. The summed E-state index contributed by atoms with van der Waals surface area (Å²) in [4.78, 5) is 24.8. The van der Waals surface area contributed by atoms with Gasteiger partial charge < -0.3 is 9.73 Å². The van der Waals surface area contributed by atoms with Crippen molar-refractivity contribution in [1.82, 2.24) is 20.2 Å². The zero-order valence-corrected chi connectivity index (χ0v) is 13.7. The summed E-state index contributed by atoms with van der Waals surface area (Å²) in [5, 5.41) is 14.5. The molecule has 0 atom stereocenters. The zero-order valence-electron chi connectivity index (χ0n) is 13.7. The van der Waals surface area contributed by atoms with E-state index in [1.165, 1.54) is 17.1 Å². The first-order valence-electron chi connectivity index (χ1n) is 7.81. The molecule has 0 saturated heterocycles. The second-order valence-electron chi connectivity index (χ2n) is 5.64. The minimum atomic E-state index is -0.685. The maximum Gasteiger partial charge on any atom is 0.349 e. The van der Waals surface area contributed by atoms with Gasteiger partial charge in [0.05, 0.1) is 5.69 Å². The van der Waals surface area contributed by atoms with Gasteiger partial charge in [-0.25, -0.2) is 9.48 Å². The van der Waals surface area contributed by atoms with Crippen molar-refractivity contribution in [2.24, 2.45) is 0 Å². The number of hydrogen-bond donors (Lipinski definition) is 1. The van der Waals surface area contributed by atoms with Crippen LogP contribution in [0.15, 0.2) is 64.1 Å². The van der Waals surface area contributed by atoms with Crippen LogP contribution in [-0.2, 0) is 0 Å². The largest absolute Gasteiger partial charge is 0.422 e. The molecule has 0 aliphatic rings. The summed E-state index contributed by atoms with van der Waals surface area (Å²) >= 11 is 0. The fourth-order valence-electron chi connectivity index (χ4n) is 2.69. The highest BCUT2D eigenvalue weighted by Crippen LogP contribution is 2.22. The van der Waals surface area contributed by atoms with Gasteiger partial charge in [-0.3, -0.25) is 4.79 Å². The molecule has 0 aliphatic carbocycles. The summed E-state index contributed by atoms with van der Waals surface area (Å²) in [6, 6.07) is 13.9. The van der Waals surface area contributed by atoms with Crippen molar-refractivity contribution in [3.63, 3.8) is 0 Å². The van der Waals surface area contributed by atoms with E-state index in [1.807, 2.05) is 19.1 Å². The van der Waals surface area contributed by atoms with Crippen molar-refractivity contribution in [3.05, 3.63) is 76.4 Å². The van der Waals surface area contributed by atoms with Gasteiger partial charge in [-0.2, -0.15) is 0 Å². The Kier molecular flexibility index (Phi) is 3.77. The van der Waals surface area contributed by atoms with Gasteiger partial charge >= 0.3 is 5.63 Å². The van der Waals surface area contributed by atoms with Crippen LogP contribution < -0.4 is 10.9 Å². The fraction of sp³-hybridized carbons (Fsp3) is 0.0556. The van der Waals surface area contributed by atoms with Crippen molar-refractivity contribution in [3.8, 4) is 5.69 Å². The summed E-state index contributed by atoms with van der Waals surface area (Å²) in [5.41, 5.74) is 1.73. The van der Waals surface area contributed by atoms with Crippen LogP contribution in [0.5, 0.6) is 0 Å². The molecule has 0 bridgehead atoms. The number of amides is 1. The molecule has 0 saturated carbocycles. The lowest BCUT2D eigenvalue weighted by Crippen LogP contribution is -2.21. The molecular weight excluding hydrogens is 334 g/mol. The maximum atomic E-state index is 12.6. The third kappa shape index (κ3) is 2.73. The maximum absolute atomic E-state index is 12.6. The van der Waals surface area contributed by atoms with E-state index in [0.29, 0.717) is 16.7 Å². The topological polar surface area (TPSA) is 103 Å². The molecule has 2 heterocycles. The van der Waals surface area contributed by atoms with Crippen molar-refractivity contribution >= 4 is 22.6 Å². The van der Waals surface area contributed by atoms with Crippen LogP contribution in [0.4, 0.5) is 5.69 Å². The van der Waals surface area contributed by atoms with Crippen LogP contribution in [0.3, 0.4) is 0 Å².